The topological polar surface area (TPSA) is 81.1 Å². The van der Waals surface area contributed by atoms with Crippen LogP contribution in [0.1, 0.15) is 36.3 Å². The van der Waals surface area contributed by atoms with Crippen molar-refractivity contribution in [1.29, 1.82) is 0 Å². The van der Waals surface area contributed by atoms with Crippen molar-refractivity contribution >= 4 is 17.0 Å². The van der Waals surface area contributed by atoms with Crippen molar-refractivity contribution in [2.75, 3.05) is 0 Å². The molecule has 19 heavy (non-hydrogen) atoms. The van der Waals surface area contributed by atoms with Gasteiger partial charge in [0.25, 0.3) is 0 Å². The van der Waals surface area contributed by atoms with E-state index in [2.05, 4.69) is 4.98 Å². The number of aromatic nitrogens is 2. The largest absolute Gasteiger partial charge is 0.481 e. The van der Waals surface area contributed by atoms with Gasteiger partial charge in [0.15, 0.2) is 0 Å². The fourth-order valence-electron chi connectivity index (χ4n) is 2.19. The zero-order chi connectivity index (χ0) is 14.2. The van der Waals surface area contributed by atoms with Crippen LogP contribution in [0.3, 0.4) is 0 Å². The van der Waals surface area contributed by atoms with E-state index in [0.29, 0.717) is 6.54 Å². The first-order valence-electron chi connectivity index (χ1n) is 6.35. The number of carboxylic acid groups (broad SMARTS) is 1. The predicted molar refractivity (Wildman–Crippen MR) is 74.1 cm³/mol. The van der Waals surface area contributed by atoms with Crippen molar-refractivity contribution in [2.24, 2.45) is 5.73 Å². The number of fused-ring (bicyclic) bond motifs is 1. The first-order valence-corrected chi connectivity index (χ1v) is 6.35. The first-order chi connectivity index (χ1) is 8.90. The molecule has 5 nitrogen and oxygen atoms in total. The summed E-state index contributed by atoms with van der Waals surface area (Å²) in [6.07, 6.45) is 0.0676. The van der Waals surface area contributed by atoms with E-state index < -0.39 is 5.97 Å². The predicted octanol–water partition coefficient (Wildman–Crippen LogP) is 2.15. The third-order valence-electron chi connectivity index (χ3n) is 3.35. The highest BCUT2D eigenvalue weighted by Crippen LogP contribution is 2.23. The van der Waals surface area contributed by atoms with Crippen LogP contribution < -0.4 is 5.73 Å². The SMILES string of the molecule is Cc1cc2nc(C(C)N)n(CCC(=O)O)c2cc1C. The third-order valence-corrected chi connectivity index (χ3v) is 3.35. The van der Waals surface area contributed by atoms with Crippen molar-refractivity contribution in [3.05, 3.63) is 29.1 Å². The Kier molecular flexibility index (Phi) is 3.57. The second-order valence-electron chi connectivity index (χ2n) is 4.98. The Labute approximate surface area is 112 Å². The van der Waals surface area contributed by atoms with Crippen LogP contribution >= 0.6 is 0 Å². The summed E-state index contributed by atoms with van der Waals surface area (Å²) in [5.74, 6) is -0.0810. The number of carbonyl (C=O) groups is 1. The standard InChI is InChI=1S/C14H19N3O2/c1-8-6-11-12(7-9(8)2)17(5-4-13(18)19)14(16-11)10(3)15/h6-7,10H,4-5,15H2,1-3H3,(H,18,19). The molecule has 0 radical (unpaired) electrons. The number of nitrogens with zero attached hydrogens (tertiary/aromatic N) is 2. The molecule has 1 atom stereocenters. The van der Waals surface area contributed by atoms with Crippen molar-refractivity contribution in [3.63, 3.8) is 0 Å². The van der Waals surface area contributed by atoms with E-state index in [9.17, 15) is 4.79 Å². The van der Waals surface area contributed by atoms with Gasteiger partial charge in [-0.15, -0.1) is 0 Å². The Morgan fingerprint density at radius 1 is 1.42 bits per heavy atom. The zero-order valence-electron chi connectivity index (χ0n) is 11.5. The Hall–Kier alpha value is -1.88. The Morgan fingerprint density at radius 2 is 2.05 bits per heavy atom. The molecule has 0 aliphatic heterocycles. The normalized spacial score (nSPS) is 12.8. The second-order valence-corrected chi connectivity index (χ2v) is 4.98. The highest BCUT2D eigenvalue weighted by atomic mass is 16.4. The molecule has 0 amide bonds. The van der Waals surface area contributed by atoms with Gasteiger partial charge in [0.1, 0.15) is 5.82 Å². The molecule has 3 N–H and O–H groups in total. The number of aryl methyl sites for hydroxylation is 3. The molecule has 1 aromatic carbocycles. The van der Waals surface area contributed by atoms with Gasteiger partial charge in [-0.05, 0) is 44.0 Å². The van der Waals surface area contributed by atoms with Crippen molar-refractivity contribution < 1.29 is 9.90 Å². The van der Waals surface area contributed by atoms with Gasteiger partial charge in [-0.1, -0.05) is 0 Å². The van der Waals surface area contributed by atoms with Gasteiger partial charge in [0, 0.05) is 6.54 Å². The zero-order valence-corrected chi connectivity index (χ0v) is 11.5. The van der Waals surface area contributed by atoms with E-state index in [4.69, 9.17) is 10.8 Å². The van der Waals surface area contributed by atoms with E-state index in [1.807, 2.05) is 37.5 Å². The number of aliphatic carboxylic acids is 1. The maximum Gasteiger partial charge on any atom is 0.305 e. The number of benzene rings is 1. The smallest absolute Gasteiger partial charge is 0.305 e. The van der Waals surface area contributed by atoms with Gasteiger partial charge in [-0.25, -0.2) is 4.98 Å². The maximum atomic E-state index is 10.8. The van der Waals surface area contributed by atoms with E-state index in [0.717, 1.165) is 16.9 Å². The van der Waals surface area contributed by atoms with Crippen LogP contribution in [-0.2, 0) is 11.3 Å². The highest BCUT2D eigenvalue weighted by molar-refractivity contribution is 5.78. The van der Waals surface area contributed by atoms with Crippen LogP contribution in [0.5, 0.6) is 0 Å². The lowest BCUT2D eigenvalue weighted by Gasteiger charge is -2.10. The molecule has 0 bridgehead atoms. The number of hydrogen-bond donors (Lipinski definition) is 2. The molecular formula is C14H19N3O2. The van der Waals surface area contributed by atoms with Gasteiger partial charge in [-0.2, -0.15) is 0 Å². The Bertz CT molecular complexity index is 629. The average molecular weight is 261 g/mol. The minimum atomic E-state index is -0.818. The van der Waals surface area contributed by atoms with Gasteiger partial charge in [0.05, 0.1) is 23.5 Å². The second kappa shape index (κ2) is 5.01. The van der Waals surface area contributed by atoms with Crippen molar-refractivity contribution in [1.82, 2.24) is 9.55 Å². The molecule has 1 heterocycles. The number of hydrogen-bond acceptors (Lipinski definition) is 3. The summed E-state index contributed by atoms with van der Waals surface area (Å²) in [5, 5.41) is 8.85. The van der Waals surface area contributed by atoms with Crippen LogP contribution in [-0.4, -0.2) is 20.6 Å². The summed E-state index contributed by atoms with van der Waals surface area (Å²) in [6, 6.07) is 3.85. The van der Waals surface area contributed by atoms with Crippen LogP contribution in [0.4, 0.5) is 0 Å². The number of nitrogens with two attached hydrogens (primary N) is 1. The molecule has 1 aromatic heterocycles. The van der Waals surface area contributed by atoms with E-state index in [1.54, 1.807) is 0 Å². The fraction of sp³-hybridized carbons (Fsp3) is 0.429. The quantitative estimate of drug-likeness (QED) is 0.883. The van der Waals surface area contributed by atoms with Crippen molar-refractivity contribution in [2.45, 2.75) is 39.8 Å². The Morgan fingerprint density at radius 3 is 2.63 bits per heavy atom. The molecule has 2 rings (SSSR count). The van der Waals surface area contributed by atoms with Gasteiger partial charge in [-0.3, -0.25) is 4.79 Å². The minimum Gasteiger partial charge on any atom is -0.481 e. The molecule has 5 heteroatoms. The number of rotatable bonds is 4. The lowest BCUT2D eigenvalue weighted by Crippen LogP contribution is -2.15. The molecular weight excluding hydrogens is 242 g/mol. The monoisotopic (exact) mass is 261 g/mol. The van der Waals surface area contributed by atoms with Crippen LogP contribution in [0, 0.1) is 13.8 Å². The van der Waals surface area contributed by atoms with Gasteiger partial charge >= 0.3 is 5.97 Å². The molecule has 0 aliphatic rings. The first kappa shape index (κ1) is 13.5. The van der Waals surface area contributed by atoms with Crippen LogP contribution in [0.2, 0.25) is 0 Å². The molecule has 0 aliphatic carbocycles. The molecule has 102 valence electrons. The molecule has 0 fully saturated rings. The summed E-state index contributed by atoms with van der Waals surface area (Å²) in [7, 11) is 0. The summed E-state index contributed by atoms with van der Waals surface area (Å²) in [4.78, 5) is 15.3. The number of imidazole rings is 1. The van der Waals surface area contributed by atoms with Crippen LogP contribution in [0.25, 0.3) is 11.0 Å². The molecule has 2 aromatic rings. The summed E-state index contributed by atoms with van der Waals surface area (Å²) >= 11 is 0. The van der Waals surface area contributed by atoms with Gasteiger partial charge < -0.3 is 15.4 Å². The minimum absolute atomic E-state index is 0.0676. The van der Waals surface area contributed by atoms with Crippen molar-refractivity contribution in [3.8, 4) is 0 Å². The summed E-state index contributed by atoms with van der Waals surface area (Å²) in [6.45, 7) is 6.33. The summed E-state index contributed by atoms with van der Waals surface area (Å²) in [5.41, 5.74) is 10.1. The van der Waals surface area contributed by atoms with E-state index in [1.165, 1.54) is 11.1 Å². The van der Waals surface area contributed by atoms with E-state index >= 15 is 0 Å². The highest BCUT2D eigenvalue weighted by Gasteiger charge is 2.15. The lowest BCUT2D eigenvalue weighted by molar-refractivity contribution is -0.137. The number of carboxylic acids is 1. The van der Waals surface area contributed by atoms with E-state index in [-0.39, 0.29) is 12.5 Å². The summed E-state index contributed by atoms with van der Waals surface area (Å²) < 4.78 is 1.92. The third kappa shape index (κ3) is 2.61. The average Bonchev–Trinajstić information content (AvgIpc) is 2.65. The molecule has 0 saturated carbocycles. The molecule has 0 spiro atoms. The van der Waals surface area contributed by atoms with Gasteiger partial charge in [0.2, 0.25) is 0 Å². The molecule has 1 unspecified atom stereocenters. The Balaban J connectivity index is 2.58. The fourth-order valence-corrected chi connectivity index (χ4v) is 2.19. The maximum absolute atomic E-state index is 10.8. The lowest BCUT2D eigenvalue weighted by atomic mass is 10.1. The van der Waals surface area contributed by atoms with Crippen LogP contribution in [0.15, 0.2) is 12.1 Å². The molecule has 0 saturated heterocycles.